The fourth-order valence-corrected chi connectivity index (χ4v) is 3.05. The second-order valence-electron chi connectivity index (χ2n) is 7.17. The van der Waals surface area contributed by atoms with Crippen LogP contribution in [-0.2, 0) is 11.3 Å². The van der Waals surface area contributed by atoms with Crippen LogP contribution in [0.1, 0.15) is 28.5 Å². The first-order chi connectivity index (χ1) is 15.8. The number of oxazole rings is 1. The van der Waals surface area contributed by atoms with Crippen molar-refractivity contribution >= 4 is 24.2 Å². The van der Waals surface area contributed by atoms with Gasteiger partial charge in [-0.1, -0.05) is 18.2 Å². The van der Waals surface area contributed by atoms with E-state index in [4.69, 9.17) is 13.9 Å². The molecule has 0 spiro atoms. The van der Waals surface area contributed by atoms with Gasteiger partial charge in [0.05, 0.1) is 7.11 Å². The molecule has 0 bridgehead atoms. The van der Waals surface area contributed by atoms with Crippen LogP contribution in [0.4, 0.5) is 4.79 Å². The van der Waals surface area contributed by atoms with E-state index < -0.39 is 18.6 Å². The number of aryl methyl sites for hydroxylation is 2. The highest BCUT2D eigenvalue weighted by Gasteiger charge is 2.19. The lowest BCUT2D eigenvalue weighted by Crippen LogP contribution is -2.37. The second-order valence-corrected chi connectivity index (χ2v) is 7.17. The molecule has 0 radical (unpaired) electrons. The predicted octanol–water partition coefficient (Wildman–Crippen LogP) is 4.71. The monoisotopic (exact) mass is 448 g/mol. The molecule has 2 aromatic carbocycles. The zero-order valence-corrected chi connectivity index (χ0v) is 18.6. The number of benzene rings is 2. The largest absolute Gasteiger partial charge is 0.497 e. The molecule has 1 N–H and O–H groups in total. The van der Waals surface area contributed by atoms with Gasteiger partial charge >= 0.3 is 12.1 Å². The van der Waals surface area contributed by atoms with Gasteiger partial charge in [-0.15, -0.1) is 5.73 Å². The SMILES string of the molecule is COc1ccc(OC(=O)N(CC(=O)O)Cc2cccc(C=C=Cc3nc(C)oc3C)c2)cc1. The van der Waals surface area contributed by atoms with Crippen LogP contribution in [0.15, 0.2) is 58.7 Å². The van der Waals surface area contributed by atoms with E-state index in [1.54, 1.807) is 43.3 Å². The van der Waals surface area contributed by atoms with Crippen molar-refractivity contribution in [1.82, 2.24) is 9.88 Å². The summed E-state index contributed by atoms with van der Waals surface area (Å²) in [6.07, 6.45) is 2.73. The van der Waals surface area contributed by atoms with Crippen molar-refractivity contribution in [2.45, 2.75) is 20.4 Å². The summed E-state index contributed by atoms with van der Waals surface area (Å²) in [5.41, 5.74) is 5.35. The molecule has 0 aliphatic heterocycles. The Kier molecular flexibility index (Phi) is 7.68. The Morgan fingerprint density at radius 2 is 1.85 bits per heavy atom. The Balaban J connectivity index is 1.73. The second kappa shape index (κ2) is 10.8. The normalized spacial score (nSPS) is 10.2. The minimum absolute atomic E-state index is 0.0638. The van der Waals surface area contributed by atoms with Crippen LogP contribution in [0.25, 0.3) is 12.2 Å². The van der Waals surface area contributed by atoms with Crippen LogP contribution >= 0.6 is 0 Å². The summed E-state index contributed by atoms with van der Waals surface area (Å²) in [6, 6.07) is 13.8. The molecular weight excluding hydrogens is 424 g/mol. The lowest BCUT2D eigenvalue weighted by molar-refractivity contribution is -0.138. The van der Waals surface area contributed by atoms with Gasteiger partial charge in [-0.3, -0.25) is 9.69 Å². The minimum atomic E-state index is -1.14. The molecule has 1 aromatic heterocycles. The van der Waals surface area contributed by atoms with Crippen LogP contribution in [0.2, 0.25) is 0 Å². The Morgan fingerprint density at radius 3 is 2.48 bits per heavy atom. The van der Waals surface area contributed by atoms with Crippen molar-refractivity contribution in [2.24, 2.45) is 0 Å². The van der Waals surface area contributed by atoms with Crippen molar-refractivity contribution in [1.29, 1.82) is 0 Å². The average Bonchev–Trinajstić information content (AvgIpc) is 3.10. The molecule has 8 nitrogen and oxygen atoms in total. The first kappa shape index (κ1) is 23.4. The smallest absolute Gasteiger partial charge is 0.416 e. The number of aromatic nitrogens is 1. The van der Waals surface area contributed by atoms with Crippen LogP contribution < -0.4 is 9.47 Å². The first-order valence-corrected chi connectivity index (χ1v) is 10.1. The number of carbonyl (C=O) groups excluding carboxylic acids is 1. The number of ether oxygens (including phenoxy) is 2. The lowest BCUT2D eigenvalue weighted by Gasteiger charge is -2.20. The van der Waals surface area contributed by atoms with E-state index in [2.05, 4.69) is 10.7 Å². The number of nitrogens with zero attached hydrogens (tertiary/aromatic N) is 2. The zero-order valence-electron chi connectivity index (χ0n) is 18.6. The molecule has 3 aromatic rings. The van der Waals surface area contributed by atoms with E-state index in [9.17, 15) is 14.7 Å². The summed E-state index contributed by atoms with van der Waals surface area (Å²) in [5, 5.41) is 9.25. The third kappa shape index (κ3) is 6.85. The molecule has 0 aliphatic carbocycles. The highest BCUT2D eigenvalue weighted by atomic mass is 16.6. The number of amides is 1. The number of aliphatic carboxylic acids is 1. The number of carboxylic acids is 1. The third-order valence-corrected chi connectivity index (χ3v) is 4.58. The van der Waals surface area contributed by atoms with Gasteiger partial charge in [-0.05, 0) is 54.5 Å². The molecule has 170 valence electrons. The maximum absolute atomic E-state index is 12.6. The van der Waals surface area contributed by atoms with Crippen molar-refractivity contribution in [2.75, 3.05) is 13.7 Å². The standard InChI is InChI=1S/C25H24N2O6/c1-17-23(26-18(2)32-17)9-5-7-19-6-4-8-20(14-19)15-27(16-24(28)29)25(30)33-22-12-10-21(31-3)11-13-22/h4,6-14H,15-16H2,1-3H3,(H,28,29). The quantitative estimate of drug-likeness (QED) is 0.498. The van der Waals surface area contributed by atoms with Gasteiger partial charge in [0, 0.05) is 19.5 Å². The number of methoxy groups -OCH3 is 1. The molecule has 0 aliphatic rings. The van der Waals surface area contributed by atoms with Crippen molar-refractivity contribution < 1.29 is 28.6 Å². The summed E-state index contributed by atoms with van der Waals surface area (Å²) in [4.78, 5) is 29.3. The number of rotatable bonds is 8. The Bertz CT molecular complexity index is 1190. The average molecular weight is 448 g/mol. The number of carbonyl (C=O) groups is 2. The molecule has 1 amide bonds. The Morgan fingerprint density at radius 1 is 1.12 bits per heavy atom. The third-order valence-electron chi connectivity index (χ3n) is 4.58. The van der Waals surface area contributed by atoms with Gasteiger partial charge in [0.2, 0.25) is 0 Å². The summed E-state index contributed by atoms with van der Waals surface area (Å²) >= 11 is 0. The van der Waals surface area contributed by atoms with E-state index in [1.165, 1.54) is 7.11 Å². The molecule has 0 saturated carbocycles. The molecule has 1 heterocycles. The maximum atomic E-state index is 12.6. The van der Waals surface area contributed by atoms with Gasteiger partial charge in [0.15, 0.2) is 5.89 Å². The molecule has 8 heteroatoms. The molecule has 0 unspecified atom stereocenters. The van der Waals surface area contributed by atoms with Crippen molar-refractivity contribution in [3.8, 4) is 11.5 Å². The number of carboxylic acid groups (broad SMARTS) is 1. The summed E-state index contributed by atoms with van der Waals surface area (Å²) < 4.78 is 15.8. The van der Waals surface area contributed by atoms with Crippen LogP contribution in [0.3, 0.4) is 0 Å². The molecular formula is C25H24N2O6. The van der Waals surface area contributed by atoms with Gasteiger partial charge in [-0.2, -0.15) is 0 Å². The fraction of sp³-hybridized carbons (Fsp3) is 0.200. The maximum Gasteiger partial charge on any atom is 0.416 e. The summed E-state index contributed by atoms with van der Waals surface area (Å²) in [7, 11) is 1.53. The first-order valence-electron chi connectivity index (χ1n) is 10.1. The van der Waals surface area contributed by atoms with Gasteiger partial charge in [0.25, 0.3) is 0 Å². The molecule has 0 fully saturated rings. The van der Waals surface area contributed by atoms with E-state index in [0.29, 0.717) is 23.1 Å². The minimum Gasteiger partial charge on any atom is -0.497 e. The topological polar surface area (TPSA) is 102 Å². The molecule has 33 heavy (non-hydrogen) atoms. The van der Waals surface area contributed by atoms with E-state index in [-0.39, 0.29) is 12.3 Å². The highest BCUT2D eigenvalue weighted by molar-refractivity contribution is 5.78. The lowest BCUT2D eigenvalue weighted by atomic mass is 10.1. The summed E-state index contributed by atoms with van der Waals surface area (Å²) in [6.45, 7) is 3.17. The van der Waals surface area contributed by atoms with Crippen LogP contribution in [0, 0.1) is 13.8 Å². The zero-order chi connectivity index (χ0) is 23.8. The van der Waals surface area contributed by atoms with Gasteiger partial charge < -0.3 is 19.0 Å². The summed E-state index contributed by atoms with van der Waals surface area (Å²) in [5.74, 6) is 1.06. The Hall–Kier alpha value is -4.29. The Labute approximate surface area is 191 Å². The highest BCUT2D eigenvalue weighted by Crippen LogP contribution is 2.19. The van der Waals surface area contributed by atoms with E-state index >= 15 is 0 Å². The van der Waals surface area contributed by atoms with E-state index in [1.807, 2.05) is 31.2 Å². The molecule has 0 atom stereocenters. The van der Waals surface area contributed by atoms with Gasteiger partial charge in [-0.25, -0.2) is 9.78 Å². The number of hydrogen-bond acceptors (Lipinski definition) is 6. The molecule has 0 saturated heterocycles. The van der Waals surface area contributed by atoms with Crippen molar-refractivity contribution in [3.63, 3.8) is 0 Å². The fourth-order valence-electron chi connectivity index (χ4n) is 3.05. The van der Waals surface area contributed by atoms with Crippen molar-refractivity contribution in [3.05, 3.63) is 82.7 Å². The van der Waals surface area contributed by atoms with Crippen LogP contribution in [0.5, 0.6) is 11.5 Å². The molecule has 3 rings (SSSR count). The van der Waals surface area contributed by atoms with Gasteiger partial charge in [0.1, 0.15) is 29.5 Å². The van der Waals surface area contributed by atoms with E-state index in [0.717, 1.165) is 16.0 Å². The predicted molar refractivity (Wildman–Crippen MR) is 122 cm³/mol. The number of hydrogen-bond donors (Lipinski definition) is 1. The van der Waals surface area contributed by atoms with Crippen LogP contribution in [-0.4, -0.2) is 40.7 Å².